The first-order chi connectivity index (χ1) is 9.06. The minimum Gasteiger partial charge on any atom is -0.347 e. The van der Waals surface area contributed by atoms with Gasteiger partial charge in [0.05, 0.1) is 0 Å². The smallest absolute Gasteiger partial charge is 0.271 e. The lowest BCUT2D eigenvalue weighted by Crippen LogP contribution is -2.28. The number of aryl methyl sites for hydroxylation is 2. The average Bonchev–Trinajstić information content (AvgIpc) is 2.41. The first-order valence-electron chi connectivity index (χ1n) is 5.94. The van der Waals surface area contributed by atoms with E-state index in [9.17, 15) is 9.59 Å². The number of hydrogen-bond acceptors (Lipinski definition) is 3. The van der Waals surface area contributed by atoms with Crippen molar-refractivity contribution in [3.05, 3.63) is 63.6 Å². The molecule has 2 aromatic rings. The Morgan fingerprint density at radius 1 is 1.21 bits per heavy atom. The van der Waals surface area contributed by atoms with Crippen molar-refractivity contribution in [3.8, 4) is 0 Å². The van der Waals surface area contributed by atoms with Crippen molar-refractivity contribution in [2.75, 3.05) is 0 Å². The van der Waals surface area contributed by atoms with Gasteiger partial charge >= 0.3 is 0 Å². The normalized spacial score (nSPS) is 10.2. The molecule has 0 unspecified atom stereocenters. The number of rotatable bonds is 3. The lowest BCUT2D eigenvalue weighted by molar-refractivity contribution is 0.0943. The highest BCUT2D eigenvalue weighted by molar-refractivity contribution is 5.91. The number of carbonyl (C=O) groups excluding carboxylic acids is 1. The van der Waals surface area contributed by atoms with Crippen LogP contribution in [0, 0.1) is 6.92 Å². The average molecular weight is 257 g/mol. The number of amides is 1. The highest BCUT2D eigenvalue weighted by atomic mass is 16.2. The Hall–Kier alpha value is -2.43. The summed E-state index contributed by atoms with van der Waals surface area (Å²) >= 11 is 0. The van der Waals surface area contributed by atoms with Gasteiger partial charge in [-0.2, -0.15) is 5.10 Å². The molecule has 5 heteroatoms. The molecule has 0 atom stereocenters. The van der Waals surface area contributed by atoms with Crippen LogP contribution in [-0.4, -0.2) is 15.7 Å². The Kier molecular flexibility index (Phi) is 3.75. The fourth-order valence-electron chi connectivity index (χ4n) is 1.60. The molecule has 19 heavy (non-hydrogen) atoms. The second-order valence-electron chi connectivity index (χ2n) is 4.35. The van der Waals surface area contributed by atoms with Crippen LogP contribution in [0.4, 0.5) is 0 Å². The zero-order valence-electron chi connectivity index (χ0n) is 10.9. The van der Waals surface area contributed by atoms with Crippen LogP contribution in [0.1, 0.15) is 21.6 Å². The van der Waals surface area contributed by atoms with Gasteiger partial charge in [-0.3, -0.25) is 9.59 Å². The van der Waals surface area contributed by atoms with E-state index >= 15 is 0 Å². The molecule has 0 aliphatic rings. The lowest BCUT2D eigenvalue weighted by atomic mass is 10.1. The summed E-state index contributed by atoms with van der Waals surface area (Å²) in [5.74, 6) is -0.295. The fraction of sp³-hybridized carbons (Fsp3) is 0.214. The Morgan fingerprint density at radius 2 is 1.89 bits per heavy atom. The van der Waals surface area contributed by atoms with Crippen molar-refractivity contribution in [1.82, 2.24) is 15.1 Å². The van der Waals surface area contributed by atoms with Crippen molar-refractivity contribution in [2.45, 2.75) is 13.5 Å². The summed E-state index contributed by atoms with van der Waals surface area (Å²) < 4.78 is 1.14. The molecule has 1 amide bonds. The monoisotopic (exact) mass is 257 g/mol. The van der Waals surface area contributed by atoms with Crippen molar-refractivity contribution in [1.29, 1.82) is 0 Å². The molecule has 2 rings (SSSR count). The highest BCUT2D eigenvalue weighted by Crippen LogP contribution is 2.02. The third-order valence-corrected chi connectivity index (χ3v) is 2.77. The van der Waals surface area contributed by atoms with Crippen molar-refractivity contribution < 1.29 is 4.79 Å². The van der Waals surface area contributed by atoms with E-state index in [0.717, 1.165) is 10.2 Å². The molecule has 0 saturated carbocycles. The van der Waals surface area contributed by atoms with E-state index in [1.807, 2.05) is 31.2 Å². The van der Waals surface area contributed by atoms with Crippen LogP contribution in [0.25, 0.3) is 0 Å². The first kappa shape index (κ1) is 13.0. The zero-order chi connectivity index (χ0) is 13.8. The van der Waals surface area contributed by atoms with E-state index in [-0.39, 0.29) is 17.2 Å². The molecule has 0 aliphatic heterocycles. The zero-order valence-corrected chi connectivity index (χ0v) is 10.9. The maximum absolute atomic E-state index is 11.9. The van der Waals surface area contributed by atoms with Gasteiger partial charge in [-0.15, -0.1) is 0 Å². The second kappa shape index (κ2) is 5.48. The van der Waals surface area contributed by atoms with Crippen molar-refractivity contribution in [2.24, 2.45) is 7.05 Å². The molecular formula is C14H15N3O2. The SMILES string of the molecule is Cc1ccc(CNC(=O)c2ccc(=O)n(C)n2)cc1. The second-order valence-corrected chi connectivity index (χ2v) is 4.35. The molecule has 98 valence electrons. The molecule has 0 aliphatic carbocycles. The van der Waals surface area contributed by atoms with Gasteiger partial charge in [-0.05, 0) is 18.6 Å². The molecule has 0 fully saturated rings. The molecule has 0 radical (unpaired) electrons. The minimum atomic E-state index is -0.295. The summed E-state index contributed by atoms with van der Waals surface area (Å²) in [5, 5.41) is 6.66. The first-order valence-corrected chi connectivity index (χ1v) is 5.94. The third-order valence-electron chi connectivity index (χ3n) is 2.77. The van der Waals surface area contributed by atoms with E-state index in [2.05, 4.69) is 10.4 Å². The molecular weight excluding hydrogens is 242 g/mol. The van der Waals surface area contributed by atoms with E-state index in [0.29, 0.717) is 6.54 Å². The molecule has 1 N–H and O–H groups in total. The number of aromatic nitrogens is 2. The standard InChI is InChI=1S/C14H15N3O2/c1-10-3-5-11(6-4-10)9-15-14(19)12-7-8-13(18)17(2)16-12/h3-8H,9H2,1-2H3,(H,15,19). The number of benzene rings is 1. The van der Waals surface area contributed by atoms with Crippen LogP contribution >= 0.6 is 0 Å². The molecule has 1 heterocycles. The lowest BCUT2D eigenvalue weighted by Gasteiger charge is -2.06. The van der Waals surface area contributed by atoms with Crippen molar-refractivity contribution >= 4 is 5.91 Å². The number of nitrogens with zero attached hydrogens (tertiary/aromatic N) is 2. The van der Waals surface area contributed by atoms with Gasteiger partial charge in [0.1, 0.15) is 5.69 Å². The van der Waals surface area contributed by atoms with Gasteiger partial charge in [-0.25, -0.2) is 4.68 Å². The van der Waals surface area contributed by atoms with Gasteiger partial charge in [0, 0.05) is 19.7 Å². The van der Waals surface area contributed by atoms with Gasteiger partial charge in [0.2, 0.25) is 0 Å². The minimum absolute atomic E-state index is 0.231. The molecule has 0 bridgehead atoms. The quantitative estimate of drug-likeness (QED) is 0.892. The van der Waals surface area contributed by atoms with E-state index < -0.39 is 0 Å². The Bertz CT molecular complexity index is 644. The summed E-state index contributed by atoms with van der Waals surface area (Å²) in [4.78, 5) is 23.0. The van der Waals surface area contributed by atoms with Crippen LogP contribution < -0.4 is 10.9 Å². The Labute approximate surface area is 110 Å². The topological polar surface area (TPSA) is 64.0 Å². The summed E-state index contributed by atoms with van der Waals surface area (Å²) in [6.07, 6.45) is 0. The number of carbonyl (C=O) groups is 1. The largest absolute Gasteiger partial charge is 0.347 e. The van der Waals surface area contributed by atoms with Crippen molar-refractivity contribution in [3.63, 3.8) is 0 Å². The summed E-state index contributed by atoms with van der Waals surface area (Å²) in [6.45, 7) is 2.44. The Balaban J connectivity index is 2.03. The van der Waals surface area contributed by atoms with Gasteiger partial charge in [-0.1, -0.05) is 29.8 Å². The number of nitrogens with one attached hydrogen (secondary N) is 1. The summed E-state index contributed by atoms with van der Waals surface area (Å²) in [6, 6.07) is 10.7. The van der Waals surface area contributed by atoms with Crippen LogP contribution in [-0.2, 0) is 13.6 Å². The van der Waals surface area contributed by atoms with Gasteiger partial charge in [0.15, 0.2) is 0 Å². The highest BCUT2D eigenvalue weighted by Gasteiger charge is 2.07. The molecule has 0 spiro atoms. The molecule has 5 nitrogen and oxygen atoms in total. The predicted molar refractivity (Wildman–Crippen MR) is 71.8 cm³/mol. The summed E-state index contributed by atoms with van der Waals surface area (Å²) in [7, 11) is 1.51. The molecule has 1 aromatic heterocycles. The number of hydrogen-bond donors (Lipinski definition) is 1. The van der Waals surface area contributed by atoms with Gasteiger partial charge < -0.3 is 5.32 Å². The van der Waals surface area contributed by atoms with E-state index in [1.54, 1.807) is 0 Å². The van der Waals surface area contributed by atoms with Crippen LogP contribution in [0.15, 0.2) is 41.2 Å². The third kappa shape index (κ3) is 3.28. The van der Waals surface area contributed by atoms with Crippen LogP contribution in [0.3, 0.4) is 0 Å². The Morgan fingerprint density at radius 3 is 2.53 bits per heavy atom. The van der Waals surface area contributed by atoms with E-state index in [1.165, 1.54) is 24.7 Å². The maximum atomic E-state index is 11.9. The molecule has 1 aromatic carbocycles. The van der Waals surface area contributed by atoms with Gasteiger partial charge in [0.25, 0.3) is 11.5 Å². The predicted octanol–water partition coefficient (Wildman–Crippen LogP) is 1.02. The van der Waals surface area contributed by atoms with Crippen LogP contribution in [0.2, 0.25) is 0 Å². The summed E-state index contributed by atoms with van der Waals surface area (Å²) in [5.41, 5.74) is 2.18. The maximum Gasteiger partial charge on any atom is 0.271 e. The molecule has 0 saturated heterocycles. The van der Waals surface area contributed by atoms with Crippen LogP contribution in [0.5, 0.6) is 0 Å². The van der Waals surface area contributed by atoms with E-state index in [4.69, 9.17) is 0 Å². The fourth-order valence-corrected chi connectivity index (χ4v) is 1.60.